The number of halogens is 1. The molecule has 0 saturated heterocycles. The number of rotatable bonds is 5. The van der Waals surface area contributed by atoms with Gasteiger partial charge in [-0.1, -0.05) is 48.0 Å². The molecular weight excluding hydrogens is 313 g/mol. The van der Waals surface area contributed by atoms with Gasteiger partial charge in [0.25, 0.3) is 0 Å². The summed E-state index contributed by atoms with van der Waals surface area (Å²) in [5.74, 6) is 0.420. The molecule has 0 radical (unpaired) electrons. The largest absolute Gasteiger partial charge is 0.488 e. The first-order valence-corrected chi connectivity index (χ1v) is 8.20. The van der Waals surface area contributed by atoms with E-state index in [-0.39, 0.29) is 12.4 Å². The summed E-state index contributed by atoms with van der Waals surface area (Å²) in [5, 5.41) is 0. The Morgan fingerprint density at radius 2 is 1.72 bits per heavy atom. The van der Waals surface area contributed by atoms with E-state index < -0.39 is 0 Å². The Morgan fingerprint density at radius 1 is 0.960 bits per heavy atom. The van der Waals surface area contributed by atoms with Crippen LogP contribution < -0.4 is 4.74 Å². The van der Waals surface area contributed by atoms with Crippen LogP contribution in [0, 0.1) is 19.7 Å². The van der Waals surface area contributed by atoms with Crippen LogP contribution in [0.1, 0.15) is 22.3 Å². The third-order valence-corrected chi connectivity index (χ3v) is 3.96. The lowest BCUT2D eigenvalue weighted by molar-refractivity contribution is 0.299. The first kappa shape index (κ1) is 16.9. The molecule has 0 N–H and O–H groups in total. The normalized spacial score (nSPS) is 11.0. The molecule has 0 unspecified atom stereocenters. The highest BCUT2D eigenvalue weighted by Gasteiger charge is 2.05. The molecule has 0 aliphatic rings. The van der Waals surface area contributed by atoms with Crippen LogP contribution in [0.15, 0.2) is 71.7 Å². The zero-order chi connectivity index (χ0) is 17.6. The van der Waals surface area contributed by atoms with Crippen LogP contribution in [0.5, 0.6) is 5.75 Å². The average molecular weight is 333 g/mol. The van der Waals surface area contributed by atoms with E-state index in [9.17, 15) is 4.39 Å². The molecule has 0 saturated carbocycles. The van der Waals surface area contributed by atoms with Gasteiger partial charge in [0.2, 0.25) is 0 Å². The molecule has 0 atom stereocenters. The number of para-hydroxylation sites is 1. The summed E-state index contributed by atoms with van der Waals surface area (Å²) in [6, 6.07) is 20.4. The zero-order valence-corrected chi connectivity index (χ0v) is 14.4. The number of hydrogen-bond donors (Lipinski definition) is 0. The molecular formula is C22H20FNO. The van der Waals surface area contributed by atoms with Crippen molar-refractivity contribution in [3.63, 3.8) is 0 Å². The minimum absolute atomic E-state index is 0.182. The fourth-order valence-corrected chi connectivity index (χ4v) is 2.58. The van der Waals surface area contributed by atoms with Crippen LogP contribution in [-0.4, -0.2) is 6.21 Å². The fraction of sp³-hybridized carbons (Fsp3) is 0.136. The smallest absolute Gasteiger partial charge is 0.129 e. The molecule has 3 aromatic carbocycles. The van der Waals surface area contributed by atoms with Gasteiger partial charge in [-0.15, -0.1) is 0 Å². The number of ether oxygens (including phenoxy) is 1. The van der Waals surface area contributed by atoms with Crippen LogP contribution in [0.4, 0.5) is 10.1 Å². The van der Waals surface area contributed by atoms with Gasteiger partial charge in [-0.3, -0.25) is 4.99 Å². The van der Waals surface area contributed by atoms with Crippen molar-refractivity contribution >= 4 is 11.9 Å². The molecule has 3 aromatic rings. The Labute approximate surface area is 147 Å². The second kappa shape index (κ2) is 7.75. The Balaban J connectivity index is 1.79. The van der Waals surface area contributed by atoms with Gasteiger partial charge in [0.05, 0.1) is 5.69 Å². The Hall–Kier alpha value is -2.94. The number of nitrogens with zero attached hydrogens (tertiary/aromatic N) is 1. The Bertz CT molecular complexity index is 902. The van der Waals surface area contributed by atoms with Crippen LogP contribution in [0.3, 0.4) is 0 Å². The predicted octanol–water partition coefficient (Wildman–Crippen LogP) is 5.77. The van der Waals surface area contributed by atoms with Gasteiger partial charge in [-0.05, 0) is 43.7 Å². The Kier molecular flexibility index (Phi) is 5.24. The minimum Gasteiger partial charge on any atom is -0.488 e. The molecule has 2 nitrogen and oxygen atoms in total. The quantitative estimate of drug-likeness (QED) is 0.543. The first-order chi connectivity index (χ1) is 12.1. The predicted molar refractivity (Wildman–Crippen MR) is 100 cm³/mol. The molecule has 0 aromatic heterocycles. The Morgan fingerprint density at radius 3 is 2.52 bits per heavy atom. The van der Waals surface area contributed by atoms with Crippen LogP contribution in [-0.2, 0) is 6.61 Å². The maximum atomic E-state index is 13.7. The first-order valence-electron chi connectivity index (χ1n) is 8.20. The van der Waals surface area contributed by atoms with Crippen molar-refractivity contribution in [2.75, 3.05) is 0 Å². The average Bonchev–Trinajstić information content (AvgIpc) is 2.61. The van der Waals surface area contributed by atoms with Crippen molar-refractivity contribution in [2.45, 2.75) is 20.5 Å². The van der Waals surface area contributed by atoms with Gasteiger partial charge in [-0.2, -0.15) is 0 Å². The standard InChI is InChI=1S/C22H20FNO/c1-16-11-12-21(17(2)13-16)24-14-18-7-4-6-10-22(18)25-15-19-8-3-5-9-20(19)23/h3-14H,15H2,1-2H3. The summed E-state index contributed by atoms with van der Waals surface area (Å²) in [4.78, 5) is 4.57. The third-order valence-electron chi connectivity index (χ3n) is 3.96. The van der Waals surface area contributed by atoms with E-state index in [1.54, 1.807) is 24.4 Å². The molecule has 0 fully saturated rings. The molecule has 3 heteroatoms. The summed E-state index contributed by atoms with van der Waals surface area (Å²) in [7, 11) is 0. The van der Waals surface area contributed by atoms with E-state index in [1.807, 2.05) is 43.3 Å². The third kappa shape index (κ3) is 4.32. The molecule has 0 heterocycles. The van der Waals surface area contributed by atoms with Gasteiger partial charge in [0.1, 0.15) is 18.2 Å². The lowest BCUT2D eigenvalue weighted by Crippen LogP contribution is -2.00. The summed E-state index contributed by atoms with van der Waals surface area (Å²) in [6.07, 6.45) is 1.79. The summed E-state index contributed by atoms with van der Waals surface area (Å²) < 4.78 is 19.5. The van der Waals surface area contributed by atoms with E-state index in [2.05, 4.69) is 18.0 Å². The molecule has 0 aliphatic heterocycles. The van der Waals surface area contributed by atoms with Gasteiger partial charge >= 0.3 is 0 Å². The summed E-state index contributed by atoms with van der Waals surface area (Å²) >= 11 is 0. The zero-order valence-electron chi connectivity index (χ0n) is 14.4. The summed E-state index contributed by atoms with van der Waals surface area (Å²) in [6.45, 7) is 4.29. The van der Waals surface area contributed by atoms with Crippen molar-refractivity contribution in [2.24, 2.45) is 4.99 Å². The SMILES string of the molecule is Cc1ccc(N=Cc2ccccc2OCc2ccccc2F)c(C)c1. The molecule has 0 spiro atoms. The second-order valence-corrected chi connectivity index (χ2v) is 5.97. The monoisotopic (exact) mass is 333 g/mol. The topological polar surface area (TPSA) is 21.6 Å². The molecule has 126 valence electrons. The van der Waals surface area contributed by atoms with Crippen molar-refractivity contribution in [3.8, 4) is 5.75 Å². The summed E-state index contributed by atoms with van der Waals surface area (Å²) in [5.41, 5.74) is 4.66. The highest BCUT2D eigenvalue weighted by Crippen LogP contribution is 2.22. The van der Waals surface area contributed by atoms with Crippen molar-refractivity contribution in [1.82, 2.24) is 0 Å². The van der Waals surface area contributed by atoms with E-state index in [0.717, 1.165) is 16.8 Å². The van der Waals surface area contributed by atoms with E-state index in [4.69, 9.17) is 4.74 Å². The van der Waals surface area contributed by atoms with Crippen molar-refractivity contribution in [3.05, 3.63) is 94.8 Å². The van der Waals surface area contributed by atoms with E-state index in [1.165, 1.54) is 11.6 Å². The van der Waals surface area contributed by atoms with Crippen LogP contribution >= 0.6 is 0 Å². The van der Waals surface area contributed by atoms with Crippen LogP contribution in [0.25, 0.3) is 0 Å². The highest BCUT2D eigenvalue weighted by molar-refractivity contribution is 5.85. The van der Waals surface area contributed by atoms with Crippen molar-refractivity contribution < 1.29 is 9.13 Å². The lowest BCUT2D eigenvalue weighted by atomic mass is 10.1. The lowest BCUT2D eigenvalue weighted by Gasteiger charge is -2.09. The van der Waals surface area contributed by atoms with Gasteiger partial charge in [-0.25, -0.2) is 4.39 Å². The fourth-order valence-electron chi connectivity index (χ4n) is 2.58. The van der Waals surface area contributed by atoms with Gasteiger partial charge < -0.3 is 4.74 Å². The van der Waals surface area contributed by atoms with E-state index in [0.29, 0.717) is 11.3 Å². The second-order valence-electron chi connectivity index (χ2n) is 5.97. The molecule has 0 amide bonds. The maximum absolute atomic E-state index is 13.7. The number of benzene rings is 3. The molecule has 0 bridgehead atoms. The maximum Gasteiger partial charge on any atom is 0.129 e. The van der Waals surface area contributed by atoms with Crippen LogP contribution in [0.2, 0.25) is 0 Å². The van der Waals surface area contributed by atoms with Crippen molar-refractivity contribution in [1.29, 1.82) is 0 Å². The molecule has 0 aliphatic carbocycles. The highest BCUT2D eigenvalue weighted by atomic mass is 19.1. The van der Waals surface area contributed by atoms with Gasteiger partial charge in [0, 0.05) is 17.3 Å². The molecule has 25 heavy (non-hydrogen) atoms. The number of hydrogen-bond acceptors (Lipinski definition) is 2. The number of aryl methyl sites for hydroxylation is 2. The van der Waals surface area contributed by atoms with Gasteiger partial charge in [0.15, 0.2) is 0 Å². The number of aliphatic imine (C=N–C) groups is 1. The van der Waals surface area contributed by atoms with E-state index >= 15 is 0 Å². The minimum atomic E-state index is -0.260. The molecule has 3 rings (SSSR count).